The fraction of sp³-hybridized carbons (Fsp3) is 0.455. The predicted octanol–water partition coefficient (Wildman–Crippen LogP) is 0.815. The number of carboxylic acid groups (broad SMARTS) is 1. The van der Waals surface area contributed by atoms with Crippen molar-refractivity contribution in [3.63, 3.8) is 0 Å². The van der Waals surface area contributed by atoms with Crippen LogP contribution in [0.4, 0.5) is 0 Å². The van der Waals surface area contributed by atoms with Crippen LogP contribution in [0.5, 0.6) is 0 Å². The summed E-state index contributed by atoms with van der Waals surface area (Å²) in [5.74, 6) is -0.907. The summed E-state index contributed by atoms with van der Waals surface area (Å²) >= 11 is 1.23. The Morgan fingerprint density at radius 1 is 1.41 bits per heavy atom. The van der Waals surface area contributed by atoms with E-state index in [1.54, 1.807) is 12.1 Å². The molecule has 6 heteroatoms. The molecule has 1 aromatic heterocycles. The molecule has 0 unspecified atom stereocenters. The number of aromatic carboxylic acids is 1. The Morgan fingerprint density at radius 3 is 2.76 bits per heavy atom. The number of hydrogen-bond donors (Lipinski definition) is 3. The van der Waals surface area contributed by atoms with Crippen molar-refractivity contribution in [3.05, 3.63) is 21.9 Å². The van der Waals surface area contributed by atoms with Gasteiger partial charge in [-0.05, 0) is 25.0 Å². The zero-order valence-corrected chi connectivity index (χ0v) is 10.0. The van der Waals surface area contributed by atoms with Crippen LogP contribution in [0.2, 0.25) is 0 Å². The van der Waals surface area contributed by atoms with Gasteiger partial charge in [0.15, 0.2) is 0 Å². The standard InChI is InChI=1S/C11H14N2O3S/c14-10(13-7-1-2-7)6-12-5-8-3-4-9(17-8)11(15)16/h3-4,7,12H,1-2,5-6H2,(H,13,14)(H,15,16). The number of carbonyl (C=O) groups is 2. The van der Waals surface area contributed by atoms with E-state index in [4.69, 9.17) is 5.11 Å². The van der Waals surface area contributed by atoms with E-state index in [0.717, 1.165) is 17.7 Å². The van der Waals surface area contributed by atoms with Crippen LogP contribution >= 0.6 is 11.3 Å². The molecule has 0 aromatic carbocycles. The van der Waals surface area contributed by atoms with Gasteiger partial charge in [-0.2, -0.15) is 0 Å². The Bertz CT molecular complexity index is 426. The van der Waals surface area contributed by atoms with Gasteiger partial charge in [0.2, 0.25) is 5.91 Å². The van der Waals surface area contributed by atoms with Gasteiger partial charge >= 0.3 is 5.97 Å². The van der Waals surface area contributed by atoms with Gasteiger partial charge < -0.3 is 15.7 Å². The molecule has 1 aliphatic carbocycles. The van der Waals surface area contributed by atoms with Crippen LogP contribution in [0.25, 0.3) is 0 Å². The van der Waals surface area contributed by atoms with Gasteiger partial charge in [-0.3, -0.25) is 4.79 Å². The van der Waals surface area contributed by atoms with Crippen LogP contribution < -0.4 is 10.6 Å². The van der Waals surface area contributed by atoms with E-state index >= 15 is 0 Å². The average Bonchev–Trinajstić information content (AvgIpc) is 2.94. The van der Waals surface area contributed by atoms with Gasteiger partial charge in [0.1, 0.15) is 4.88 Å². The topological polar surface area (TPSA) is 78.4 Å². The number of rotatable bonds is 6. The lowest BCUT2D eigenvalue weighted by molar-refractivity contribution is -0.120. The highest BCUT2D eigenvalue weighted by Crippen LogP contribution is 2.18. The minimum atomic E-state index is -0.910. The molecular weight excluding hydrogens is 240 g/mol. The molecule has 0 aliphatic heterocycles. The van der Waals surface area contributed by atoms with Crippen molar-refractivity contribution in [3.8, 4) is 0 Å². The Hall–Kier alpha value is -1.40. The van der Waals surface area contributed by atoms with Crippen LogP contribution in [0.3, 0.4) is 0 Å². The summed E-state index contributed by atoms with van der Waals surface area (Å²) in [7, 11) is 0. The molecule has 1 heterocycles. The van der Waals surface area contributed by atoms with Crippen molar-refractivity contribution in [2.75, 3.05) is 6.54 Å². The van der Waals surface area contributed by atoms with Gasteiger partial charge in [0.25, 0.3) is 0 Å². The molecule has 0 spiro atoms. The number of amides is 1. The molecule has 1 amide bonds. The smallest absolute Gasteiger partial charge is 0.345 e. The first-order valence-corrected chi connectivity index (χ1v) is 6.29. The number of thiophene rings is 1. The Morgan fingerprint density at radius 2 is 2.18 bits per heavy atom. The lowest BCUT2D eigenvalue weighted by Gasteiger charge is -2.03. The summed E-state index contributed by atoms with van der Waals surface area (Å²) in [5, 5.41) is 14.6. The first-order valence-electron chi connectivity index (χ1n) is 5.47. The highest BCUT2D eigenvalue weighted by Gasteiger charge is 2.22. The van der Waals surface area contributed by atoms with Crippen LogP contribution in [0, 0.1) is 0 Å². The van der Waals surface area contributed by atoms with Crippen molar-refractivity contribution in [2.24, 2.45) is 0 Å². The first-order chi connectivity index (χ1) is 8.15. The van der Waals surface area contributed by atoms with E-state index in [-0.39, 0.29) is 12.5 Å². The molecule has 1 fully saturated rings. The van der Waals surface area contributed by atoms with Crippen LogP contribution in [0.15, 0.2) is 12.1 Å². The second-order valence-corrected chi connectivity index (χ2v) is 5.18. The van der Waals surface area contributed by atoms with E-state index in [1.807, 2.05) is 0 Å². The maximum atomic E-state index is 11.3. The van der Waals surface area contributed by atoms with E-state index in [1.165, 1.54) is 11.3 Å². The van der Waals surface area contributed by atoms with Crippen molar-refractivity contribution < 1.29 is 14.7 Å². The largest absolute Gasteiger partial charge is 0.477 e. The number of carboxylic acids is 1. The summed E-state index contributed by atoms with van der Waals surface area (Å²) in [5.41, 5.74) is 0. The molecule has 0 saturated heterocycles. The number of carbonyl (C=O) groups excluding carboxylic acids is 1. The molecule has 0 atom stereocenters. The summed E-state index contributed by atoms with van der Waals surface area (Å²) in [4.78, 5) is 23.2. The fourth-order valence-corrected chi connectivity index (χ4v) is 2.21. The summed E-state index contributed by atoms with van der Waals surface area (Å²) in [6.07, 6.45) is 2.16. The maximum Gasteiger partial charge on any atom is 0.345 e. The monoisotopic (exact) mass is 254 g/mol. The number of nitrogens with one attached hydrogen (secondary N) is 2. The van der Waals surface area contributed by atoms with E-state index in [0.29, 0.717) is 17.5 Å². The van der Waals surface area contributed by atoms with E-state index in [9.17, 15) is 9.59 Å². The van der Waals surface area contributed by atoms with Crippen LogP contribution in [0.1, 0.15) is 27.4 Å². The molecule has 1 aliphatic rings. The third-order valence-corrected chi connectivity index (χ3v) is 3.47. The lowest BCUT2D eigenvalue weighted by atomic mass is 10.4. The zero-order chi connectivity index (χ0) is 12.3. The molecule has 92 valence electrons. The van der Waals surface area contributed by atoms with Gasteiger partial charge in [0.05, 0.1) is 6.54 Å². The van der Waals surface area contributed by atoms with Gasteiger partial charge in [0, 0.05) is 17.5 Å². The van der Waals surface area contributed by atoms with Crippen LogP contribution in [-0.4, -0.2) is 29.6 Å². The number of hydrogen-bond acceptors (Lipinski definition) is 4. The quantitative estimate of drug-likeness (QED) is 0.702. The third-order valence-electron chi connectivity index (χ3n) is 2.40. The molecule has 0 radical (unpaired) electrons. The first kappa shape index (κ1) is 12.1. The molecule has 0 bridgehead atoms. The second-order valence-electron chi connectivity index (χ2n) is 4.02. The zero-order valence-electron chi connectivity index (χ0n) is 9.23. The molecule has 5 nitrogen and oxygen atoms in total. The van der Waals surface area contributed by atoms with Gasteiger partial charge in [-0.1, -0.05) is 0 Å². The molecule has 17 heavy (non-hydrogen) atoms. The molecular formula is C11H14N2O3S. The maximum absolute atomic E-state index is 11.3. The van der Waals surface area contributed by atoms with Crippen molar-refractivity contribution in [1.29, 1.82) is 0 Å². The Labute approximate surface area is 103 Å². The summed E-state index contributed by atoms with van der Waals surface area (Å²) in [6, 6.07) is 3.72. The molecule has 1 saturated carbocycles. The molecule has 2 rings (SSSR count). The van der Waals surface area contributed by atoms with Gasteiger partial charge in [-0.25, -0.2) is 4.79 Å². The molecule has 3 N–H and O–H groups in total. The summed E-state index contributed by atoms with van der Waals surface area (Å²) < 4.78 is 0. The highest BCUT2D eigenvalue weighted by molar-refractivity contribution is 7.13. The third kappa shape index (κ3) is 3.83. The van der Waals surface area contributed by atoms with Crippen molar-refractivity contribution in [2.45, 2.75) is 25.4 Å². The second kappa shape index (κ2) is 5.29. The highest BCUT2D eigenvalue weighted by atomic mass is 32.1. The van der Waals surface area contributed by atoms with Crippen molar-refractivity contribution in [1.82, 2.24) is 10.6 Å². The van der Waals surface area contributed by atoms with Crippen molar-refractivity contribution >= 4 is 23.2 Å². The predicted molar refractivity (Wildman–Crippen MR) is 64.1 cm³/mol. The normalized spacial score (nSPS) is 14.6. The summed E-state index contributed by atoms with van der Waals surface area (Å²) in [6.45, 7) is 0.798. The Kier molecular flexibility index (Phi) is 3.75. The SMILES string of the molecule is O=C(CNCc1ccc(C(=O)O)s1)NC1CC1. The minimum absolute atomic E-state index is 0.00233. The Balaban J connectivity index is 1.69. The van der Waals surface area contributed by atoms with E-state index < -0.39 is 5.97 Å². The lowest BCUT2D eigenvalue weighted by Crippen LogP contribution is -2.34. The fourth-order valence-electron chi connectivity index (χ4n) is 1.39. The van der Waals surface area contributed by atoms with E-state index in [2.05, 4.69) is 10.6 Å². The van der Waals surface area contributed by atoms with Gasteiger partial charge in [-0.15, -0.1) is 11.3 Å². The van der Waals surface area contributed by atoms with Crippen LogP contribution in [-0.2, 0) is 11.3 Å². The molecule has 1 aromatic rings. The minimum Gasteiger partial charge on any atom is -0.477 e. The average molecular weight is 254 g/mol.